The molecule has 0 aliphatic heterocycles. The fourth-order valence-electron chi connectivity index (χ4n) is 2.99. The highest BCUT2D eigenvalue weighted by Crippen LogP contribution is 2.37. The fraction of sp³-hybridized carbons (Fsp3) is 0.333. The summed E-state index contributed by atoms with van der Waals surface area (Å²) in [5, 5.41) is 13.0. The van der Waals surface area contributed by atoms with E-state index >= 15 is 0 Å². The van der Waals surface area contributed by atoms with Crippen LogP contribution in [0.15, 0.2) is 36.7 Å². The molecule has 2 N–H and O–H groups in total. The van der Waals surface area contributed by atoms with Crippen LogP contribution in [0.5, 0.6) is 11.5 Å². The van der Waals surface area contributed by atoms with Gasteiger partial charge in [0.15, 0.2) is 11.5 Å². The minimum Gasteiger partial charge on any atom is -0.490 e. The SMILES string of the molecule is OCCCOc1cc2c(Nc3ccc(F)c(Cl)c3)ncnc2cc1OC1CCC1. The number of hydrogen-bond acceptors (Lipinski definition) is 6. The minimum atomic E-state index is -0.484. The molecule has 0 amide bonds. The summed E-state index contributed by atoms with van der Waals surface area (Å²) in [6, 6.07) is 8.04. The summed E-state index contributed by atoms with van der Waals surface area (Å²) in [6.45, 7) is 0.417. The summed E-state index contributed by atoms with van der Waals surface area (Å²) in [4.78, 5) is 8.67. The summed E-state index contributed by atoms with van der Waals surface area (Å²) < 4.78 is 25.4. The first-order chi connectivity index (χ1) is 14.1. The van der Waals surface area contributed by atoms with E-state index in [1.54, 1.807) is 6.07 Å². The van der Waals surface area contributed by atoms with Crippen molar-refractivity contribution in [3.8, 4) is 11.5 Å². The van der Waals surface area contributed by atoms with E-state index in [1.807, 2.05) is 12.1 Å². The number of hydrogen-bond donors (Lipinski definition) is 2. The van der Waals surface area contributed by atoms with Gasteiger partial charge in [0, 0.05) is 30.2 Å². The van der Waals surface area contributed by atoms with Gasteiger partial charge in [-0.15, -0.1) is 0 Å². The zero-order chi connectivity index (χ0) is 20.2. The topological polar surface area (TPSA) is 76.5 Å². The number of aromatic nitrogens is 2. The normalized spacial score (nSPS) is 13.9. The standard InChI is InChI=1S/C21H21ClFN3O3/c22-16-9-13(5-6-17(16)23)26-21-15-10-19(28-8-2-7-27)20(29-14-3-1-4-14)11-18(15)24-12-25-21/h5-6,9-12,14,27H,1-4,7-8H2,(H,24,25,26). The second-order valence-electron chi connectivity index (χ2n) is 6.89. The molecule has 1 aliphatic carbocycles. The Balaban J connectivity index is 1.69. The number of benzene rings is 2. The number of nitrogens with zero attached hydrogens (tertiary/aromatic N) is 2. The molecular formula is C21H21ClFN3O3. The largest absolute Gasteiger partial charge is 0.490 e. The summed E-state index contributed by atoms with van der Waals surface area (Å²) in [5.41, 5.74) is 1.30. The van der Waals surface area contributed by atoms with Crippen LogP contribution in [-0.4, -0.2) is 34.4 Å². The van der Waals surface area contributed by atoms with Gasteiger partial charge in [-0.05, 0) is 43.5 Å². The zero-order valence-electron chi connectivity index (χ0n) is 15.7. The van der Waals surface area contributed by atoms with E-state index in [0.717, 1.165) is 24.6 Å². The van der Waals surface area contributed by atoms with E-state index in [9.17, 15) is 4.39 Å². The number of halogens is 2. The third-order valence-corrected chi connectivity index (χ3v) is 5.08. The summed E-state index contributed by atoms with van der Waals surface area (Å²) >= 11 is 5.88. The Hall–Kier alpha value is -2.64. The second-order valence-corrected chi connectivity index (χ2v) is 7.30. The van der Waals surface area contributed by atoms with Crippen LogP contribution >= 0.6 is 11.6 Å². The fourth-order valence-corrected chi connectivity index (χ4v) is 3.17. The number of fused-ring (bicyclic) bond motifs is 1. The van der Waals surface area contributed by atoms with Gasteiger partial charge in [-0.3, -0.25) is 0 Å². The molecular weight excluding hydrogens is 397 g/mol. The monoisotopic (exact) mass is 417 g/mol. The first-order valence-corrected chi connectivity index (χ1v) is 9.93. The van der Waals surface area contributed by atoms with E-state index in [-0.39, 0.29) is 17.7 Å². The molecule has 0 saturated heterocycles. The molecule has 0 unspecified atom stereocenters. The first-order valence-electron chi connectivity index (χ1n) is 9.55. The van der Waals surface area contributed by atoms with Crippen LogP contribution in [0.3, 0.4) is 0 Å². The Labute approximate surface area is 172 Å². The number of rotatable bonds is 8. The maximum absolute atomic E-state index is 13.4. The lowest BCUT2D eigenvalue weighted by atomic mass is 9.96. The molecule has 0 radical (unpaired) electrons. The van der Waals surface area contributed by atoms with Crippen molar-refractivity contribution in [2.75, 3.05) is 18.5 Å². The molecule has 2 aromatic carbocycles. The van der Waals surface area contributed by atoms with Gasteiger partial charge in [-0.25, -0.2) is 14.4 Å². The minimum absolute atomic E-state index is 0.0255. The first kappa shape index (κ1) is 19.7. The summed E-state index contributed by atoms with van der Waals surface area (Å²) in [5.74, 6) is 1.27. The van der Waals surface area contributed by atoms with Crippen molar-refractivity contribution in [3.63, 3.8) is 0 Å². The van der Waals surface area contributed by atoms with Crippen molar-refractivity contribution < 1.29 is 19.0 Å². The van der Waals surface area contributed by atoms with E-state index in [2.05, 4.69) is 15.3 Å². The highest BCUT2D eigenvalue weighted by atomic mass is 35.5. The van der Waals surface area contributed by atoms with E-state index in [4.69, 9.17) is 26.2 Å². The van der Waals surface area contributed by atoms with Gasteiger partial charge < -0.3 is 19.9 Å². The number of aliphatic hydroxyl groups is 1. The Kier molecular flexibility index (Phi) is 5.97. The van der Waals surface area contributed by atoms with Crippen LogP contribution < -0.4 is 14.8 Å². The molecule has 1 fully saturated rings. The van der Waals surface area contributed by atoms with Gasteiger partial charge in [-0.1, -0.05) is 11.6 Å². The summed E-state index contributed by atoms with van der Waals surface area (Å²) in [6.07, 6.45) is 5.37. The van der Waals surface area contributed by atoms with Crippen LogP contribution in [0.25, 0.3) is 10.9 Å². The summed E-state index contributed by atoms with van der Waals surface area (Å²) in [7, 11) is 0. The third-order valence-electron chi connectivity index (χ3n) is 4.79. The quantitative estimate of drug-likeness (QED) is 0.510. The van der Waals surface area contributed by atoms with Crippen molar-refractivity contribution in [1.29, 1.82) is 0 Å². The van der Waals surface area contributed by atoms with Crippen molar-refractivity contribution in [1.82, 2.24) is 9.97 Å². The molecule has 0 bridgehead atoms. The predicted molar refractivity (Wildman–Crippen MR) is 110 cm³/mol. The van der Waals surface area contributed by atoms with Crippen LogP contribution in [0.1, 0.15) is 25.7 Å². The van der Waals surface area contributed by atoms with Crippen LogP contribution in [-0.2, 0) is 0 Å². The van der Waals surface area contributed by atoms with Gasteiger partial charge in [-0.2, -0.15) is 0 Å². The Morgan fingerprint density at radius 2 is 2.03 bits per heavy atom. The second kappa shape index (κ2) is 8.80. The molecule has 1 aromatic heterocycles. The maximum atomic E-state index is 13.4. The van der Waals surface area contributed by atoms with E-state index in [0.29, 0.717) is 41.5 Å². The number of anilines is 2. The molecule has 4 rings (SSSR count). The molecule has 3 aromatic rings. The highest BCUT2D eigenvalue weighted by Gasteiger charge is 2.22. The lowest BCUT2D eigenvalue weighted by molar-refractivity contribution is 0.114. The van der Waals surface area contributed by atoms with Gasteiger partial charge >= 0.3 is 0 Å². The Morgan fingerprint density at radius 1 is 1.17 bits per heavy atom. The number of ether oxygens (including phenoxy) is 2. The van der Waals surface area contributed by atoms with E-state index < -0.39 is 5.82 Å². The molecule has 1 aliphatic rings. The van der Waals surface area contributed by atoms with Gasteiger partial charge in [0.25, 0.3) is 0 Å². The average Bonchev–Trinajstić information content (AvgIpc) is 2.68. The van der Waals surface area contributed by atoms with Crippen molar-refractivity contribution in [2.45, 2.75) is 31.8 Å². The van der Waals surface area contributed by atoms with Crippen molar-refractivity contribution in [2.24, 2.45) is 0 Å². The van der Waals surface area contributed by atoms with Gasteiger partial charge in [0.1, 0.15) is 18.0 Å². The number of aliphatic hydroxyl groups excluding tert-OH is 1. The molecule has 1 saturated carbocycles. The average molecular weight is 418 g/mol. The third kappa shape index (κ3) is 4.52. The highest BCUT2D eigenvalue weighted by molar-refractivity contribution is 6.31. The molecule has 0 atom stereocenters. The lowest BCUT2D eigenvalue weighted by Gasteiger charge is -2.27. The van der Waals surface area contributed by atoms with Crippen molar-refractivity contribution in [3.05, 3.63) is 47.5 Å². The number of nitrogens with one attached hydrogen (secondary N) is 1. The molecule has 6 nitrogen and oxygen atoms in total. The Morgan fingerprint density at radius 3 is 2.76 bits per heavy atom. The van der Waals surface area contributed by atoms with Crippen LogP contribution in [0, 0.1) is 5.82 Å². The molecule has 1 heterocycles. The van der Waals surface area contributed by atoms with Gasteiger partial charge in [0.05, 0.1) is 23.3 Å². The maximum Gasteiger partial charge on any atom is 0.163 e. The predicted octanol–water partition coefficient (Wildman–Crippen LogP) is 4.86. The molecule has 0 spiro atoms. The molecule has 29 heavy (non-hydrogen) atoms. The van der Waals surface area contributed by atoms with Crippen LogP contribution in [0.4, 0.5) is 15.9 Å². The smallest absolute Gasteiger partial charge is 0.163 e. The van der Waals surface area contributed by atoms with Gasteiger partial charge in [0.2, 0.25) is 0 Å². The zero-order valence-corrected chi connectivity index (χ0v) is 16.5. The van der Waals surface area contributed by atoms with Crippen LogP contribution in [0.2, 0.25) is 5.02 Å². The molecule has 8 heteroatoms. The molecule has 152 valence electrons. The van der Waals surface area contributed by atoms with Crippen molar-refractivity contribution >= 4 is 34.0 Å². The lowest BCUT2D eigenvalue weighted by Crippen LogP contribution is -2.24. The Bertz CT molecular complexity index is 1010. The van der Waals surface area contributed by atoms with E-state index in [1.165, 1.54) is 18.5 Å².